The van der Waals surface area contributed by atoms with Gasteiger partial charge < -0.3 is 5.32 Å². The number of aryl methyl sites for hydroxylation is 2. The molecule has 0 amide bonds. The highest BCUT2D eigenvalue weighted by Gasteiger charge is 2.13. The molecule has 0 atom stereocenters. The number of hydrogen-bond acceptors (Lipinski definition) is 6. The summed E-state index contributed by atoms with van der Waals surface area (Å²) in [6.45, 7) is 1.93. The molecule has 132 valence electrons. The molecule has 0 spiro atoms. The van der Waals surface area contributed by atoms with Crippen molar-refractivity contribution in [2.45, 2.75) is 6.92 Å². The van der Waals surface area contributed by atoms with Crippen molar-refractivity contribution >= 4 is 28.1 Å². The van der Waals surface area contributed by atoms with Gasteiger partial charge in [-0.3, -0.25) is 9.08 Å². The Kier molecular flexibility index (Phi) is 3.36. The molecule has 0 saturated carbocycles. The summed E-state index contributed by atoms with van der Waals surface area (Å²) in [4.78, 5) is 9.06. The highest BCUT2D eigenvalue weighted by molar-refractivity contribution is 5.93. The molecule has 4 heterocycles. The topological polar surface area (TPSA) is 85.8 Å². The van der Waals surface area contributed by atoms with Gasteiger partial charge in [0.25, 0.3) is 0 Å². The van der Waals surface area contributed by atoms with Crippen LogP contribution in [0.5, 0.6) is 0 Å². The van der Waals surface area contributed by atoms with Gasteiger partial charge in [-0.2, -0.15) is 15.3 Å². The quantitative estimate of drug-likeness (QED) is 0.534. The van der Waals surface area contributed by atoms with E-state index in [1.165, 1.54) is 0 Å². The maximum absolute atomic E-state index is 4.57. The standard InChI is InChI=1S/C19H16N8/c1-12-8-14-15(4-3-5-16(14)25-24-12)23-18-19-21-10-17(27(19)7-6-20-18)13-9-22-26(2)11-13/h3-11H,1-2H3,(H,20,23). The second-order valence-electron chi connectivity index (χ2n) is 6.36. The summed E-state index contributed by atoms with van der Waals surface area (Å²) in [7, 11) is 1.90. The van der Waals surface area contributed by atoms with Crippen LogP contribution in [-0.4, -0.2) is 34.3 Å². The van der Waals surface area contributed by atoms with Crippen molar-refractivity contribution in [3.63, 3.8) is 0 Å². The lowest BCUT2D eigenvalue weighted by molar-refractivity contribution is 0.768. The SMILES string of the molecule is Cc1cc2c(Nc3nccn4c(-c5cnn(C)c5)cnc34)cccc2nn1. The van der Waals surface area contributed by atoms with Crippen molar-refractivity contribution in [1.29, 1.82) is 0 Å². The summed E-state index contributed by atoms with van der Waals surface area (Å²) >= 11 is 0. The molecule has 5 aromatic rings. The third-order valence-electron chi connectivity index (χ3n) is 4.43. The molecule has 0 bridgehead atoms. The van der Waals surface area contributed by atoms with Crippen molar-refractivity contribution in [3.05, 3.63) is 60.9 Å². The molecular formula is C19H16N8. The zero-order valence-corrected chi connectivity index (χ0v) is 14.8. The zero-order chi connectivity index (χ0) is 18.4. The number of nitrogens with zero attached hydrogens (tertiary/aromatic N) is 7. The summed E-state index contributed by atoms with van der Waals surface area (Å²) in [5.41, 5.74) is 5.31. The Labute approximate surface area is 154 Å². The third kappa shape index (κ3) is 2.58. The normalized spacial score (nSPS) is 11.3. The molecular weight excluding hydrogens is 340 g/mol. The summed E-state index contributed by atoms with van der Waals surface area (Å²) in [5.74, 6) is 0.676. The number of fused-ring (bicyclic) bond motifs is 2. The van der Waals surface area contributed by atoms with Crippen LogP contribution in [0.3, 0.4) is 0 Å². The molecule has 0 radical (unpaired) electrons. The Morgan fingerprint density at radius 1 is 1.07 bits per heavy atom. The second-order valence-corrected chi connectivity index (χ2v) is 6.36. The van der Waals surface area contributed by atoms with Gasteiger partial charge in [-0.05, 0) is 25.1 Å². The number of benzene rings is 1. The molecule has 0 aliphatic carbocycles. The van der Waals surface area contributed by atoms with Crippen molar-refractivity contribution in [2.24, 2.45) is 7.05 Å². The van der Waals surface area contributed by atoms with Gasteiger partial charge in [-0.15, -0.1) is 0 Å². The van der Waals surface area contributed by atoms with E-state index in [2.05, 4.69) is 30.6 Å². The van der Waals surface area contributed by atoms with Gasteiger partial charge in [-0.1, -0.05) is 6.07 Å². The van der Waals surface area contributed by atoms with Gasteiger partial charge in [0.2, 0.25) is 0 Å². The number of aromatic nitrogens is 7. The Balaban J connectivity index is 1.63. The number of rotatable bonds is 3. The number of hydrogen-bond donors (Lipinski definition) is 1. The molecule has 0 saturated heterocycles. The first-order valence-corrected chi connectivity index (χ1v) is 8.50. The van der Waals surface area contributed by atoms with Gasteiger partial charge >= 0.3 is 0 Å². The lowest BCUT2D eigenvalue weighted by Crippen LogP contribution is -2.00. The van der Waals surface area contributed by atoms with E-state index in [0.717, 1.165) is 39.2 Å². The monoisotopic (exact) mass is 356 g/mol. The van der Waals surface area contributed by atoms with Gasteiger partial charge in [0.05, 0.1) is 29.3 Å². The number of imidazole rings is 1. The fourth-order valence-electron chi connectivity index (χ4n) is 3.17. The largest absolute Gasteiger partial charge is 0.337 e. The van der Waals surface area contributed by atoms with Crippen molar-refractivity contribution in [1.82, 2.24) is 34.3 Å². The third-order valence-corrected chi connectivity index (χ3v) is 4.43. The van der Waals surface area contributed by atoms with E-state index in [1.807, 2.05) is 67.4 Å². The molecule has 1 aromatic carbocycles. The van der Waals surface area contributed by atoms with E-state index in [9.17, 15) is 0 Å². The van der Waals surface area contributed by atoms with Gasteiger partial charge in [0.15, 0.2) is 11.5 Å². The van der Waals surface area contributed by atoms with Crippen molar-refractivity contribution in [3.8, 4) is 11.3 Å². The zero-order valence-electron chi connectivity index (χ0n) is 14.8. The average molecular weight is 356 g/mol. The summed E-state index contributed by atoms with van der Waals surface area (Å²) < 4.78 is 3.77. The van der Waals surface area contributed by atoms with Crippen LogP contribution in [0.15, 0.2) is 55.2 Å². The fraction of sp³-hybridized carbons (Fsp3) is 0.105. The Morgan fingerprint density at radius 3 is 2.85 bits per heavy atom. The Hall–Kier alpha value is -3.81. The average Bonchev–Trinajstić information content (AvgIpc) is 3.29. The molecule has 0 unspecified atom stereocenters. The number of nitrogens with one attached hydrogen (secondary N) is 1. The molecule has 8 nitrogen and oxygen atoms in total. The van der Waals surface area contributed by atoms with Crippen LogP contribution in [0.2, 0.25) is 0 Å². The Bertz CT molecular complexity index is 1280. The van der Waals surface area contributed by atoms with Crippen LogP contribution >= 0.6 is 0 Å². The van der Waals surface area contributed by atoms with E-state index in [4.69, 9.17) is 0 Å². The molecule has 0 fully saturated rings. The molecule has 27 heavy (non-hydrogen) atoms. The van der Waals surface area contributed by atoms with Crippen molar-refractivity contribution < 1.29 is 0 Å². The minimum Gasteiger partial charge on any atom is -0.337 e. The predicted octanol–water partition coefficient (Wildman–Crippen LogP) is 3.13. The first-order chi connectivity index (χ1) is 13.2. The predicted molar refractivity (Wildman–Crippen MR) is 103 cm³/mol. The van der Waals surface area contributed by atoms with E-state index in [-0.39, 0.29) is 0 Å². The van der Waals surface area contributed by atoms with E-state index >= 15 is 0 Å². The molecule has 0 aliphatic heterocycles. The minimum atomic E-state index is 0.676. The first-order valence-electron chi connectivity index (χ1n) is 8.50. The maximum Gasteiger partial charge on any atom is 0.180 e. The van der Waals surface area contributed by atoms with Crippen LogP contribution in [0.1, 0.15) is 5.69 Å². The molecule has 0 aliphatic rings. The first kappa shape index (κ1) is 15.4. The fourth-order valence-corrected chi connectivity index (χ4v) is 3.17. The van der Waals surface area contributed by atoms with E-state index in [1.54, 1.807) is 10.9 Å². The molecule has 8 heteroatoms. The lowest BCUT2D eigenvalue weighted by atomic mass is 10.2. The van der Waals surface area contributed by atoms with Gasteiger partial charge in [0.1, 0.15) is 0 Å². The Morgan fingerprint density at radius 2 is 2.00 bits per heavy atom. The smallest absolute Gasteiger partial charge is 0.180 e. The van der Waals surface area contributed by atoms with Crippen LogP contribution in [0.4, 0.5) is 11.5 Å². The summed E-state index contributed by atoms with van der Waals surface area (Å²) in [6, 6.07) is 7.90. The van der Waals surface area contributed by atoms with Gasteiger partial charge in [0, 0.05) is 42.3 Å². The lowest BCUT2D eigenvalue weighted by Gasteiger charge is -2.10. The summed E-state index contributed by atoms with van der Waals surface area (Å²) in [5, 5.41) is 17.0. The van der Waals surface area contributed by atoms with Crippen LogP contribution in [0.25, 0.3) is 27.8 Å². The van der Waals surface area contributed by atoms with Crippen LogP contribution in [-0.2, 0) is 7.05 Å². The van der Waals surface area contributed by atoms with Crippen LogP contribution in [0, 0.1) is 6.92 Å². The van der Waals surface area contributed by atoms with Crippen molar-refractivity contribution in [2.75, 3.05) is 5.32 Å². The minimum absolute atomic E-state index is 0.676. The highest BCUT2D eigenvalue weighted by Crippen LogP contribution is 2.28. The molecule has 4 aromatic heterocycles. The maximum atomic E-state index is 4.57. The second kappa shape index (κ2) is 5.87. The summed E-state index contributed by atoms with van der Waals surface area (Å²) in [6.07, 6.45) is 9.27. The number of anilines is 2. The highest BCUT2D eigenvalue weighted by atomic mass is 15.2. The van der Waals surface area contributed by atoms with E-state index in [0.29, 0.717) is 5.82 Å². The van der Waals surface area contributed by atoms with Crippen LogP contribution < -0.4 is 5.32 Å². The van der Waals surface area contributed by atoms with E-state index < -0.39 is 0 Å². The molecule has 5 rings (SSSR count). The molecule has 1 N–H and O–H groups in total. The van der Waals surface area contributed by atoms with Gasteiger partial charge in [-0.25, -0.2) is 9.97 Å².